The fraction of sp³-hybridized carbons (Fsp3) is 0.700. The van der Waals surface area contributed by atoms with Gasteiger partial charge in [-0.05, 0) is 19.1 Å². The van der Waals surface area contributed by atoms with E-state index in [1.807, 2.05) is 0 Å². The second-order valence-electron chi connectivity index (χ2n) is 4.30. The van der Waals surface area contributed by atoms with Crippen molar-refractivity contribution in [1.82, 2.24) is 14.5 Å². The third-order valence-electron chi connectivity index (χ3n) is 3.14. The maximum absolute atomic E-state index is 12.6. The van der Waals surface area contributed by atoms with Crippen molar-refractivity contribution >= 4 is 33.4 Å². The van der Waals surface area contributed by atoms with E-state index in [-0.39, 0.29) is 16.8 Å². The first-order valence-electron chi connectivity index (χ1n) is 5.64. The molecule has 1 atom stereocenters. The molecule has 1 aromatic rings. The molecule has 0 saturated carbocycles. The number of rotatable bonds is 4. The van der Waals surface area contributed by atoms with Gasteiger partial charge in [-0.1, -0.05) is 0 Å². The summed E-state index contributed by atoms with van der Waals surface area (Å²) in [4.78, 5) is 0.233. The van der Waals surface area contributed by atoms with Crippen molar-refractivity contribution < 1.29 is 8.42 Å². The lowest BCUT2D eigenvalue weighted by Gasteiger charge is -2.23. The Hall–Kier alpha value is -0.240. The van der Waals surface area contributed by atoms with E-state index in [1.54, 1.807) is 25.7 Å². The van der Waals surface area contributed by atoms with Crippen molar-refractivity contribution in [2.24, 2.45) is 0 Å². The summed E-state index contributed by atoms with van der Waals surface area (Å²) in [6.45, 7) is 1.70. The van der Waals surface area contributed by atoms with Crippen LogP contribution in [0.15, 0.2) is 4.90 Å². The molecule has 1 aliphatic rings. The molecule has 0 bridgehead atoms. The lowest BCUT2D eigenvalue weighted by Crippen LogP contribution is -2.37. The number of aryl methyl sites for hydroxylation is 1. The monoisotopic (exact) mass is 309 g/mol. The van der Waals surface area contributed by atoms with E-state index in [2.05, 4.69) is 10.2 Å². The summed E-state index contributed by atoms with van der Waals surface area (Å²) in [5.74, 6) is 1.95. The van der Waals surface area contributed by atoms with Crippen molar-refractivity contribution in [2.45, 2.75) is 30.2 Å². The van der Waals surface area contributed by atoms with Crippen LogP contribution in [0.2, 0.25) is 0 Å². The molecule has 1 saturated heterocycles. The fourth-order valence-electron chi connectivity index (χ4n) is 2.05. The second-order valence-corrected chi connectivity index (χ2v) is 7.65. The van der Waals surface area contributed by atoms with Gasteiger partial charge < -0.3 is 0 Å². The SMILES string of the molecule is Cc1[nH]nc(CCl)c1S(=O)(=O)N(C)C1CCSC1. The number of nitrogens with zero attached hydrogens (tertiary/aromatic N) is 2. The Bertz CT molecular complexity index is 523. The maximum atomic E-state index is 12.6. The molecule has 1 aromatic heterocycles. The van der Waals surface area contributed by atoms with Crippen LogP contribution in [0.5, 0.6) is 0 Å². The minimum absolute atomic E-state index is 0.0671. The topological polar surface area (TPSA) is 66.1 Å². The highest BCUT2D eigenvalue weighted by Crippen LogP contribution is 2.28. The molecule has 1 unspecified atom stereocenters. The van der Waals surface area contributed by atoms with Gasteiger partial charge >= 0.3 is 0 Å². The lowest BCUT2D eigenvalue weighted by molar-refractivity contribution is 0.394. The fourth-order valence-corrected chi connectivity index (χ4v) is 5.39. The van der Waals surface area contributed by atoms with Crippen LogP contribution in [0.25, 0.3) is 0 Å². The first-order chi connectivity index (χ1) is 8.48. The number of thioether (sulfide) groups is 1. The van der Waals surface area contributed by atoms with Gasteiger partial charge in [0.05, 0.1) is 17.3 Å². The molecule has 2 heterocycles. The van der Waals surface area contributed by atoms with Gasteiger partial charge in [0.1, 0.15) is 4.90 Å². The second kappa shape index (κ2) is 5.40. The number of alkyl halides is 1. The highest BCUT2D eigenvalue weighted by molar-refractivity contribution is 7.99. The first-order valence-corrected chi connectivity index (χ1v) is 8.77. The molecule has 0 radical (unpaired) electrons. The zero-order valence-electron chi connectivity index (χ0n) is 10.3. The number of H-pyrrole nitrogens is 1. The molecule has 2 rings (SSSR count). The van der Waals surface area contributed by atoms with Crippen molar-refractivity contribution in [1.29, 1.82) is 0 Å². The highest BCUT2D eigenvalue weighted by Gasteiger charge is 2.34. The minimum Gasteiger partial charge on any atom is -0.281 e. The predicted molar refractivity (Wildman–Crippen MR) is 73.6 cm³/mol. The third-order valence-corrected chi connectivity index (χ3v) is 6.66. The zero-order valence-corrected chi connectivity index (χ0v) is 12.7. The van der Waals surface area contributed by atoms with E-state index in [1.165, 1.54) is 4.31 Å². The van der Waals surface area contributed by atoms with Gasteiger partial charge in [-0.15, -0.1) is 11.6 Å². The molecule has 102 valence electrons. The summed E-state index contributed by atoms with van der Waals surface area (Å²) in [5.41, 5.74) is 0.940. The van der Waals surface area contributed by atoms with Crippen molar-refractivity contribution in [2.75, 3.05) is 18.6 Å². The first kappa shape index (κ1) is 14.2. The van der Waals surface area contributed by atoms with Gasteiger partial charge in [0, 0.05) is 18.8 Å². The van der Waals surface area contributed by atoms with Crippen LogP contribution in [0, 0.1) is 6.92 Å². The number of sulfonamides is 1. The highest BCUT2D eigenvalue weighted by atomic mass is 35.5. The van der Waals surface area contributed by atoms with E-state index in [9.17, 15) is 8.42 Å². The third kappa shape index (κ3) is 2.41. The molecular weight excluding hydrogens is 294 g/mol. The number of aromatic nitrogens is 2. The maximum Gasteiger partial charge on any atom is 0.246 e. The van der Waals surface area contributed by atoms with Gasteiger partial charge in [0.15, 0.2) is 0 Å². The van der Waals surface area contributed by atoms with Crippen LogP contribution in [0.3, 0.4) is 0 Å². The Kier molecular flexibility index (Phi) is 4.25. The predicted octanol–water partition coefficient (Wildman–Crippen LogP) is 1.58. The summed E-state index contributed by atoms with van der Waals surface area (Å²) in [6, 6.07) is 0.0671. The molecule has 0 spiro atoms. The summed E-state index contributed by atoms with van der Waals surface area (Å²) in [7, 11) is -1.88. The van der Waals surface area contributed by atoms with Crippen LogP contribution in [-0.2, 0) is 15.9 Å². The number of hydrogen-bond acceptors (Lipinski definition) is 4. The minimum atomic E-state index is -3.51. The molecule has 1 N–H and O–H groups in total. The van der Waals surface area contributed by atoms with Crippen LogP contribution < -0.4 is 0 Å². The molecule has 0 amide bonds. The molecular formula is C10H16ClN3O2S2. The summed E-state index contributed by atoms with van der Waals surface area (Å²) in [6.07, 6.45) is 0.896. The Morgan fingerprint density at radius 2 is 2.33 bits per heavy atom. The van der Waals surface area contributed by atoms with Gasteiger partial charge in [-0.3, -0.25) is 5.10 Å². The molecule has 18 heavy (non-hydrogen) atoms. The van der Waals surface area contributed by atoms with Crippen LogP contribution >= 0.6 is 23.4 Å². The molecule has 0 aromatic carbocycles. The average Bonchev–Trinajstić information content (AvgIpc) is 2.96. The number of hydrogen-bond donors (Lipinski definition) is 1. The van der Waals surface area contributed by atoms with E-state index in [0.717, 1.165) is 17.9 Å². The van der Waals surface area contributed by atoms with Crippen molar-refractivity contribution in [3.63, 3.8) is 0 Å². The van der Waals surface area contributed by atoms with Gasteiger partial charge in [-0.2, -0.15) is 21.2 Å². The Labute approximate surface area is 116 Å². The van der Waals surface area contributed by atoms with E-state index < -0.39 is 10.0 Å². The Morgan fingerprint density at radius 1 is 1.61 bits per heavy atom. The summed E-state index contributed by atoms with van der Waals surface area (Å²) >= 11 is 7.53. The van der Waals surface area contributed by atoms with Gasteiger partial charge in [0.2, 0.25) is 10.0 Å². The largest absolute Gasteiger partial charge is 0.281 e. The molecule has 1 aliphatic heterocycles. The lowest BCUT2D eigenvalue weighted by atomic mass is 10.3. The molecule has 1 fully saturated rings. The van der Waals surface area contributed by atoms with E-state index in [4.69, 9.17) is 11.6 Å². The smallest absolute Gasteiger partial charge is 0.246 e. The normalized spacial score (nSPS) is 20.8. The molecule has 5 nitrogen and oxygen atoms in total. The molecule has 0 aliphatic carbocycles. The van der Waals surface area contributed by atoms with Crippen LogP contribution in [0.1, 0.15) is 17.8 Å². The van der Waals surface area contributed by atoms with Crippen LogP contribution in [0.4, 0.5) is 0 Å². The van der Waals surface area contributed by atoms with E-state index in [0.29, 0.717) is 11.4 Å². The molecule has 8 heteroatoms. The average molecular weight is 310 g/mol. The number of halogens is 1. The Morgan fingerprint density at radius 3 is 2.89 bits per heavy atom. The summed E-state index contributed by atoms with van der Waals surface area (Å²) < 4.78 is 26.6. The number of aromatic amines is 1. The number of nitrogens with one attached hydrogen (secondary N) is 1. The van der Waals surface area contributed by atoms with E-state index >= 15 is 0 Å². The van der Waals surface area contributed by atoms with Gasteiger partial charge in [-0.25, -0.2) is 8.42 Å². The zero-order chi connectivity index (χ0) is 13.3. The van der Waals surface area contributed by atoms with Crippen molar-refractivity contribution in [3.8, 4) is 0 Å². The van der Waals surface area contributed by atoms with Crippen molar-refractivity contribution in [3.05, 3.63) is 11.4 Å². The van der Waals surface area contributed by atoms with Gasteiger partial charge in [0.25, 0.3) is 0 Å². The Balaban J connectivity index is 2.37. The summed E-state index contributed by atoms with van der Waals surface area (Å²) in [5, 5.41) is 6.64. The standard InChI is InChI=1S/C10H16ClN3O2S2/c1-7-10(9(5-11)13-12-7)18(15,16)14(2)8-3-4-17-6-8/h8H,3-6H2,1-2H3,(H,12,13). The quantitative estimate of drug-likeness (QED) is 0.858. The van der Waals surface area contributed by atoms with Crippen LogP contribution in [-0.4, -0.2) is 47.5 Å².